The molecule has 0 spiro atoms. The van der Waals surface area contributed by atoms with Crippen LogP contribution in [0, 0.1) is 0 Å². The maximum atomic E-state index is 11.3. The van der Waals surface area contributed by atoms with E-state index in [9.17, 15) is 13.2 Å². The van der Waals surface area contributed by atoms with Gasteiger partial charge in [0.1, 0.15) is 4.21 Å². The molecular formula is C12H10Cl2O7S3. The Bertz CT molecular complexity index is 908. The molecule has 0 aliphatic rings. The van der Waals surface area contributed by atoms with Gasteiger partial charge in [0.25, 0.3) is 9.05 Å². The van der Waals surface area contributed by atoms with Crippen LogP contribution in [0.4, 0.5) is 0 Å². The molecule has 0 unspecified atom stereocenters. The largest absolute Gasteiger partial charge is 0.465 e. The van der Waals surface area contributed by atoms with Gasteiger partial charge in [-0.3, -0.25) is 4.55 Å². The van der Waals surface area contributed by atoms with Crippen molar-refractivity contribution >= 4 is 57.1 Å². The molecule has 0 aliphatic carbocycles. The van der Waals surface area contributed by atoms with Crippen molar-refractivity contribution in [2.24, 2.45) is 0 Å². The highest BCUT2D eigenvalue weighted by Crippen LogP contribution is 2.32. The van der Waals surface area contributed by atoms with E-state index in [4.69, 9.17) is 23.7 Å². The fraction of sp³-hybridized carbons (Fsp3) is 0.0833. The van der Waals surface area contributed by atoms with Crippen LogP contribution in [0.1, 0.15) is 10.4 Å². The van der Waals surface area contributed by atoms with Crippen molar-refractivity contribution in [2.45, 2.75) is 4.21 Å². The summed E-state index contributed by atoms with van der Waals surface area (Å²) in [5.41, 5.74) is 1.25. The molecule has 7 nitrogen and oxygen atoms in total. The van der Waals surface area contributed by atoms with Gasteiger partial charge < -0.3 is 4.74 Å². The lowest BCUT2D eigenvalue weighted by Gasteiger charge is -2.00. The van der Waals surface area contributed by atoms with Gasteiger partial charge in [0.2, 0.25) is 0 Å². The maximum absolute atomic E-state index is 11.3. The molecular weight excluding hydrogens is 423 g/mol. The summed E-state index contributed by atoms with van der Waals surface area (Å²) in [6, 6.07) is 9.82. The average molecular weight is 433 g/mol. The van der Waals surface area contributed by atoms with Crippen LogP contribution in [0.25, 0.3) is 10.4 Å². The second-order valence-corrected chi connectivity index (χ2v) is 9.91. The van der Waals surface area contributed by atoms with E-state index in [0.717, 1.165) is 21.8 Å². The smallest absolute Gasteiger partial charge is 0.353 e. The lowest BCUT2D eigenvalue weighted by atomic mass is 10.1. The maximum Gasteiger partial charge on any atom is 0.353 e. The Morgan fingerprint density at radius 1 is 1.04 bits per heavy atom. The Kier molecular flexibility index (Phi) is 7.20. The summed E-state index contributed by atoms with van der Waals surface area (Å²) in [7, 11) is 2.74. The minimum absolute atomic E-state index is 0.0983. The molecule has 0 radical (unpaired) electrons. The predicted octanol–water partition coefficient (Wildman–Crippen LogP) is 3.16. The minimum atomic E-state index is -4.19. The van der Waals surface area contributed by atoms with E-state index in [2.05, 4.69) is 15.4 Å². The monoisotopic (exact) mass is 432 g/mol. The van der Waals surface area contributed by atoms with E-state index >= 15 is 0 Å². The van der Waals surface area contributed by atoms with Crippen LogP contribution in [0.2, 0.25) is 0 Å². The van der Waals surface area contributed by atoms with E-state index in [-0.39, 0.29) is 4.21 Å². The van der Waals surface area contributed by atoms with Crippen molar-refractivity contribution in [1.82, 2.24) is 0 Å². The third-order valence-electron chi connectivity index (χ3n) is 2.41. The number of carbonyl (C=O) groups is 1. The van der Waals surface area contributed by atoms with Crippen LogP contribution >= 0.6 is 32.7 Å². The normalized spacial score (nSPS) is 11.3. The van der Waals surface area contributed by atoms with Gasteiger partial charge in [-0.05, 0) is 29.8 Å². The molecule has 0 atom stereocenters. The zero-order valence-corrected chi connectivity index (χ0v) is 15.8. The first kappa shape index (κ1) is 20.9. The fourth-order valence-corrected chi connectivity index (χ4v) is 3.57. The minimum Gasteiger partial charge on any atom is -0.465 e. The van der Waals surface area contributed by atoms with Crippen molar-refractivity contribution in [2.75, 3.05) is 7.11 Å². The predicted molar refractivity (Wildman–Crippen MR) is 91.5 cm³/mol. The Labute approximate surface area is 151 Å². The number of ether oxygens (including phenoxy) is 1. The van der Waals surface area contributed by atoms with Gasteiger partial charge in [0, 0.05) is 26.2 Å². The van der Waals surface area contributed by atoms with Crippen molar-refractivity contribution in [1.29, 1.82) is 0 Å². The fourth-order valence-electron chi connectivity index (χ4n) is 1.49. The number of hydrogen-bond acceptors (Lipinski definition) is 7. The number of methoxy groups -OCH3 is 1. The van der Waals surface area contributed by atoms with Crippen molar-refractivity contribution in [3.63, 3.8) is 0 Å². The quantitative estimate of drug-likeness (QED) is 0.449. The second kappa shape index (κ2) is 8.28. The Balaban J connectivity index is 0.000000505. The lowest BCUT2D eigenvalue weighted by Crippen LogP contribution is -2.00. The van der Waals surface area contributed by atoms with E-state index in [1.165, 1.54) is 13.2 Å². The first-order valence-corrected chi connectivity index (χ1v) is 11.2. The Morgan fingerprint density at radius 2 is 1.54 bits per heavy atom. The number of thiophene rings is 1. The highest BCUT2D eigenvalue weighted by molar-refractivity contribution is 8.15. The first-order valence-electron chi connectivity index (χ1n) is 5.82. The number of rotatable bonds is 3. The summed E-state index contributed by atoms with van der Waals surface area (Å²) in [6.45, 7) is 0. The van der Waals surface area contributed by atoms with E-state index in [0.29, 0.717) is 5.56 Å². The summed E-state index contributed by atoms with van der Waals surface area (Å²) in [4.78, 5) is 12.0. The number of carbonyl (C=O) groups excluding carboxylic acids is 1. The zero-order chi connectivity index (χ0) is 18.5. The summed E-state index contributed by atoms with van der Waals surface area (Å²) < 4.78 is 52.2. The molecule has 1 heterocycles. The topological polar surface area (TPSA) is 115 Å². The molecule has 0 bridgehead atoms. The standard InChI is InChI=1S/C12H9ClO4S2.ClHO3S/c1-17-12(14)9-4-2-8(3-5-9)10-6-7-11(18-10)19(13,15)16;1-5(2,3)4/h2-7H,1H3;(H,2,3,4). The summed E-state index contributed by atoms with van der Waals surface area (Å²) in [6.07, 6.45) is 0. The van der Waals surface area contributed by atoms with Gasteiger partial charge in [0.05, 0.1) is 12.7 Å². The van der Waals surface area contributed by atoms with E-state index < -0.39 is 24.4 Å². The number of hydrogen-bond donors (Lipinski definition) is 1. The molecule has 1 aromatic carbocycles. The highest BCUT2D eigenvalue weighted by Gasteiger charge is 2.14. The molecule has 0 saturated carbocycles. The molecule has 0 amide bonds. The third kappa shape index (κ3) is 7.16. The zero-order valence-electron chi connectivity index (χ0n) is 11.8. The summed E-state index contributed by atoms with van der Waals surface area (Å²) in [5.74, 6) is -0.415. The molecule has 0 saturated heterocycles. The van der Waals surface area contributed by atoms with Gasteiger partial charge >= 0.3 is 15.3 Å². The average Bonchev–Trinajstić information content (AvgIpc) is 2.95. The van der Waals surface area contributed by atoms with Crippen LogP contribution in [0.15, 0.2) is 40.6 Å². The lowest BCUT2D eigenvalue weighted by molar-refractivity contribution is 0.0600. The number of halogens is 2. The second-order valence-electron chi connectivity index (χ2n) is 4.04. The van der Waals surface area contributed by atoms with E-state index in [1.54, 1.807) is 30.3 Å². The van der Waals surface area contributed by atoms with Gasteiger partial charge in [-0.25, -0.2) is 13.2 Å². The third-order valence-corrected chi connectivity index (χ3v) is 5.64. The molecule has 12 heteroatoms. The van der Waals surface area contributed by atoms with Crippen LogP contribution in [-0.4, -0.2) is 34.5 Å². The molecule has 1 N–H and O–H groups in total. The van der Waals surface area contributed by atoms with Crippen molar-refractivity contribution < 1.29 is 30.9 Å². The number of benzene rings is 1. The van der Waals surface area contributed by atoms with Gasteiger partial charge in [-0.2, -0.15) is 8.42 Å². The van der Waals surface area contributed by atoms with Gasteiger partial charge in [-0.1, -0.05) is 12.1 Å². The Hall–Kier alpha value is -1.17. The molecule has 2 aromatic rings. The van der Waals surface area contributed by atoms with Crippen molar-refractivity contribution in [3.8, 4) is 10.4 Å². The molecule has 24 heavy (non-hydrogen) atoms. The SMILES string of the molecule is COC(=O)c1ccc(-c2ccc(S(=O)(=O)Cl)s2)cc1.O=S(=O)(O)Cl. The van der Waals surface area contributed by atoms with Crippen LogP contribution in [-0.2, 0) is 23.1 Å². The van der Waals surface area contributed by atoms with Crippen LogP contribution in [0.5, 0.6) is 0 Å². The molecule has 132 valence electrons. The molecule has 0 fully saturated rings. The highest BCUT2D eigenvalue weighted by atomic mass is 35.7. The van der Waals surface area contributed by atoms with Crippen LogP contribution < -0.4 is 0 Å². The molecule has 2 rings (SSSR count). The first-order chi connectivity index (χ1) is 10.9. The Morgan fingerprint density at radius 3 is 1.92 bits per heavy atom. The summed E-state index contributed by atoms with van der Waals surface area (Å²) in [5, 5.41) is 0. The summed E-state index contributed by atoms with van der Waals surface area (Å²) >= 11 is 1.08. The molecule has 1 aromatic heterocycles. The van der Waals surface area contributed by atoms with Gasteiger partial charge in [-0.15, -0.1) is 11.3 Å². The van der Waals surface area contributed by atoms with E-state index in [1.807, 2.05) is 0 Å². The van der Waals surface area contributed by atoms with Crippen molar-refractivity contribution in [3.05, 3.63) is 42.0 Å². The molecule has 0 aliphatic heterocycles. The van der Waals surface area contributed by atoms with Gasteiger partial charge in [0.15, 0.2) is 0 Å². The van der Waals surface area contributed by atoms with Crippen LogP contribution in [0.3, 0.4) is 0 Å². The number of esters is 1.